The lowest BCUT2D eigenvalue weighted by Gasteiger charge is -2.37. The molecule has 1 heterocycles. The SMILES string of the molecule is CCC(CC)(CNC(=NC)NCc1ncc(C)s1)NC(C)c1ccccc1. The lowest BCUT2D eigenvalue weighted by atomic mass is 9.90. The number of thiazole rings is 1. The van der Waals surface area contributed by atoms with Crippen molar-refractivity contribution < 1.29 is 0 Å². The van der Waals surface area contributed by atoms with Gasteiger partial charge in [0.2, 0.25) is 0 Å². The number of hydrogen-bond donors (Lipinski definition) is 3. The molecule has 1 atom stereocenters. The molecule has 6 heteroatoms. The van der Waals surface area contributed by atoms with Gasteiger partial charge in [-0.05, 0) is 32.3 Å². The maximum Gasteiger partial charge on any atom is 0.191 e. The highest BCUT2D eigenvalue weighted by Crippen LogP contribution is 2.21. The Morgan fingerprint density at radius 3 is 2.44 bits per heavy atom. The van der Waals surface area contributed by atoms with Crippen LogP contribution in [0.3, 0.4) is 0 Å². The maximum absolute atomic E-state index is 4.40. The second-order valence-electron chi connectivity index (χ2n) is 6.91. The fourth-order valence-corrected chi connectivity index (χ4v) is 3.88. The Morgan fingerprint density at radius 2 is 1.89 bits per heavy atom. The molecule has 0 radical (unpaired) electrons. The first-order chi connectivity index (χ1) is 13.0. The molecular weight excluding hydrogens is 354 g/mol. The van der Waals surface area contributed by atoms with Crippen LogP contribution in [-0.2, 0) is 6.54 Å². The molecule has 0 bridgehead atoms. The normalized spacial score (nSPS) is 13.4. The number of benzene rings is 1. The van der Waals surface area contributed by atoms with E-state index in [1.54, 1.807) is 11.3 Å². The van der Waals surface area contributed by atoms with Crippen molar-refractivity contribution in [3.63, 3.8) is 0 Å². The zero-order chi connectivity index (χ0) is 19.7. The Balaban J connectivity index is 1.94. The molecule has 5 nitrogen and oxygen atoms in total. The predicted octanol–water partition coefficient (Wildman–Crippen LogP) is 4.03. The minimum Gasteiger partial charge on any atom is -0.355 e. The summed E-state index contributed by atoms with van der Waals surface area (Å²) in [6.45, 7) is 10.3. The number of aromatic nitrogens is 1. The number of nitrogens with one attached hydrogen (secondary N) is 3. The largest absolute Gasteiger partial charge is 0.355 e. The summed E-state index contributed by atoms with van der Waals surface area (Å²) in [6.07, 6.45) is 3.98. The van der Waals surface area contributed by atoms with Gasteiger partial charge in [-0.2, -0.15) is 0 Å². The zero-order valence-corrected chi connectivity index (χ0v) is 18.0. The molecule has 148 valence electrons. The molecule has 0 saturated carbocycles. The van der Waals surface area contributed by atoms with Crippen molar-refractivity contribution in [2.75, 3.05) is 13.6 Å². The van der Waals surface area contributed by atoms with Crippen LogP contribution in [0, 0.1) is 6.92 Å². The van der Waals surface area contributed by atoms with Gasteiger partial charge in [-0.15, -0.1) is 11.3 Å². The smallest absolute Gasteiger partial charge is 0.191 e. The van der Waals surface area contributed by atoms with E-state index in [1.165, 1.54) is 10.4 Å². The monoisotopic (exact) mass is 387 g/mol. The van der Waals surface area contributed by atoms with Crippen molar-refractivity contribution in [3.8, 4) is 0 Å². The highest BCUT2D eigenvalue weighted by molar-refractivity contribution is 7.11. The van der Waals surface area contributed by atoms with E-state index in [4.69, 9.17) is 0 Å². The Bertz CT molecular complexity index is 706. The maximum atomic E-state index is 4.40. The zero-order valence-electron chi connectivity index (χ0n) is 17.2. The molecule has 0 saturated heterocycles. The van der Waals surface area contributed by atoms with Crippen LogP contribution in [0.15, 0.2) is 41.5 Å². The van der Waals surface area contributed by atoms with Crippen molar-refractivity contribution in [1.29, 1.82) is 0 Å². The quantitative estimate of drug-likeness (QED) is 0.449. The minimum atomic E-state index is 0.00461. The standard InChI is InChI=1S/C21H33N5S/c1-6-21(7-2,26-17(4)18-11-9-8-10-12-18)15-25-20(22-5)24-14-19-23-13-16(3)27-19/h8-13,17,26H,6-7,14-15H2,1-5H3,(H2,22,24,25). The Morgan fingerprint density at radius 1 is 1.19 bits per heavy atom. The van der Waals surface area contributed by atoms with Crippen molar-refractivity contribution in [3.05, 3.63) is 52.0 Å². The molecule has 3 N–H and O–H groups in total. The average Bonchev–Trinajstić information content (AvgIpc) is 3.12. The van der Waals surface area contributed by atoms with Crippen molar-refractivity contribution in [2.24, 2.45) is 4.99 Å². The molecule has 0 fully saturated rings. The van der Waals surface area contributed by atoms with E-state index in [0.29, 0.717) is 12.6 Å². The van der Waals surface area contributed by atoms with Crippen LogP contribution in [0.2, 0.25) is 0 Å². The van der Waals surface area contributed by atoms with Gasteiger partial charge in [0.1, 0.15) is 5.01 Å². The number of rotatable bonds is 9. The highest BCUT2D eigenvalue weighted by atomic mass is 32.1. The molecule has 1 aromatic heterocycles. The van der Waals surface area contributed by atoms with Gasteiger partial charge < -0.3 is 16.0 Å². The molecule has 0 aliphatic rings. The summed E-state index contributed by atoms with van der Waals surface area (Å²) in [5, 5.41) is 11.8. The molecule has 0 spiro atoms. The first-order valence-electron chi connectivity index (χ1n) is 9.70. The fraction of sp³-hybridized carbons (Fsp3) is 0.524. The molecule has 1 aromatic carbocycles. The number of aliphatic imine (C=N–C) groups is 1. The lowest BCUT2D eigenvalue weighted by molar-refractivity contribution is 0.271. The van der Waals surface area contributed by atoms with Crippen LogP contribution >= 0.6 is 11.3 Å². The van der Waals surface area contributed by atoms with Crippen LogP contribution in [0.4, 0.5) is 0 Å². The number of hydrogen-bond acceptors (Lipinski definition) is 4. The van der Waals surface area contributed by atoms with Gasteiger partial charge in [0.05, 0.1) is 6.54 Å². The number of nitrogens with zero attached hydrogens (tertiary/aromatic N) is 2. The van der Waals surface area contributed by atoms with Crippen LogP contribution in [0.5, 0.6) is 0 Å². The fourth-order valence-electron chi connectivity index (χ4n) is 3.16. The lowest BCUT2D eigenvalue weighted by Crippen LogP contribution is -2.55. The Hall–Kier alpha value is -1.92. The van der Waals surface area contributed by atoms with Gasteiger partial charge in [-0.1, -0.05) is 44.2 Å². The summed E-state index contributed by atoms with van der Waals surface area (Å²) in [5.41, 5.74) is 1.32. The van der Waals surface area contributed by atoms with E-state index in [-0.39, 0.29) is 5.54 Å². The summed E-state index contributed by atoms with van der Waals surface area (Å²) < 4.78 is 0. The van der Waals surface area contributed by atoms with Crippen LogP contribution in [0.25, 0.3) is 0 Å². The van der Waals surface area contributed by atoms with Gasteiger partial charge in [-0.3, -0.25) is 4.99 Å². The summed E-state index contributed by atoms with van der Waals surface area (Å²) >= 11 is 1.71. The second-order valence-corrected chi connectivity index (χ2v) is 8.23. The molecule has 0 amide bonds. The molecule has 0 aliphatic heterocycles. The average molecular weight is 388 g/mol. The van der Waals surface area contributed by atoms with Gasteiger partial charge in [-0.25, -0.2) is 4.98 Å². The van der Waals surface area contributed by atoms with E-state index < -0.39 is 0 Å². The third-order valence-corrected chi connectivity index (χ3v) is 5.98. The van der Waals surface area contributed by atoms with Crippen LogP contribution in [-0.4, -0.2) is 30.1 Å². The highest BCUT2D eigenvalue weighted by Gasteiger charge is 2.28. The molecule has 0 aliphatic carbocycles. The molecule has 27 heavy (non-hydrogen) atoms. The van der Waals surface area contributed by atoms with E-state index in [9.17, 15) is 0 Å². The summed E-state index contributed by atoms with van der Waals surface area (Å²) in [4.78, 5) is 9.99. The Labute approximate surface area is 167 Å². The van der Waals surface area contributed by atoms with Gasteiger partial charge in [0.25, 0.3) is 0 Å². The minimum absolute atomic E-state index is 0.00461. The second kappa shape index (κ2) is 10.4. The van der Waals surface area contributed by atoms with E-state index in [2.05, 4.69) is 84.0 Å². The van der Waals surface area contributed by atoms with Crippen LogP contribution in [0.1, 0.15) is 55.1 Å². The van der Waals surface area contributed by atoms with Gasteiger partial charge in [0.15, 0.2) is 5.96 Å². The van der Waals surface area contributed by atoms with Crippen LogP contribution < -0.4 is 16.0 Å². The summed E-state index contributed by atoms with van der Waals surface area (Å²) in [5.74, 6) is 0.809. The molecule has 2 aromatic rings. The van der Waals surface area contributed by atoms with Gasteiger partial charge >= 0.3 is 0 Å². The summed E-state index contributed by atoms with van der Waals surface area (Å²) in [7, 11) is 1.81. The molecule has 2 rings (SSSR count). The number of aryl methyl sites for hydroxylation is 1. The van der Waals surface area contributed by atoms with Crippen molar-refractivity contribution in [2.45, 2.75) is 58.7 Å². The predicted molar refractivity (Wildman–Crippen MR) is 116 cm³/mol. The third kappa shape index (κ3) is 6.33. The van der Waals surface area contributed by atoms with E-state index in [1.807, 2.05) is 13.2 Å². The Kier molecular flexibility index (Phi) is 8.25. The van der Waals surface area contributed by atoms with Crippen molar-refractivity contribution >= 4 is 17.3 Å². The summed E-state index contributed by atoms with van der Waals surface area (Å²) in [6, 6.07) is 10.9. The first-order valence-corrected chi connectivity index (χ1v) is 10.5. The molecule has 1 unspecified atom stereocenters. The van der Waals surface area contributed by atoms with E-state index >= 15 is 0 Å². The van der Waals surface area contributed by atoms with Crippen molar-refractivity contribution in [1.82, 2.24) is 20.9 Å². The van der Waals surface area contributed by atoms with E-state index in [0.717, 1.165) is 30.4 Å². The first kappa shape index (κ1) is 21.4. The third-order valence-electron chi connectivity index (χ3n) is 5.07. The topological polar surface area (TPSA) is 61.3 Å². The van der Waals surface area contributed by atoms with Gasteiger partial charge in [0, 0.05) is 36.2 Å². The number of guanidine groups is 1. The molecular formula is C21H33N5S.